The maximum Gasteiger partial charge on any atom is 0.227 e. The number of aryl methyl sites for hydroxylation is 1. The Morgan fingerprint density at radius 1 is 1.30 bits per heavy atom. The molecule has 0 radical (unpaired) electrons. The Labute approximate surface area is 188 Å². The van der Waals surface area contributed by atoms with Gasteiger partial charge in [0.05, 0.1) is 5.92 Å². The Balaban J connectivity index is 1.26. The Morgan fingerprint density at radius 3 is 2.93 bits per heavy atom. The molecule has 2 aliphatic rings. The van der Waals surface area contributed by atoms with E-state index in [0.717, 1.165) is 28.7 Å². The van der Waals surface area contributed by atoms with Crippen LogP contribution >= 0.6 is 27.3 Å². The lowest BCUT2D eigenvalue weighted by Gasteiger charge is -2.27. The van der Waals surface area contributed by atoms with Gasteiger partial charge >= 0.3 is 0 Å². The minimum Gasteiger partial charge on any atom is -0.355 e. The number of hydrogen-bond acceptors (Lipinski definition) is 4. The van der Waals surface area contributed by atoms with Gasteiger partial charge in [-0.15, -0.1) is 11.3 Å². The third kappa shape index (κ3) is 4.44. The minimum absolute atomic E-state index is 0.0483. The van der Waals surface area contributed by atoms with Crippen molar-refractivity contribution >= 4 is 50.7 Å². The molecule has 1 aromatic carbocycles. The monoisotopic (exact) mass is 489 g/mol. The Kier molecular flexibility index (Phi) is 6.24. The molecule has 0 saturated carbocycles. The van der Waals surface area contributed by atoms with Crippen molar-refractivity contribution in [2.45, 2.75) is 32.7 Å². The number of amides is 3. The topological polar surface area (TPSA) is 69.7 Å². The molecule has 158 valence electrons. The fraction of sp³-hybridized carbons (Fsp3) is 0.409. The van der Waals surface area contributed by atoms with Gasteiger partial charge < -0.3 is 15.1 Å². The van der Waals surface area contributed by atoms with Crippen LogP contribution in [0.2, 0.25) is 0 Å². The second-order valence-electron chi connectivity index (χ2n) is 7.81. The minimum atomic E-state index is -0.389. The van der Waals surface area contributed by atoms with E-state index in [2.05, 4.69) is 32.7 Å². The first kappa shape index (κ1) is 21.1. The summed E-state index contributed by atoms with van der Waals surface area (Å²) >= 11 is 5.21. The molecule has 1 N–H and O–H groups in total. The van der Waals surface area contributed by atoms with Crippen molar-refractivity contribution in [2.24, 2.45) is 5.92 Å². The molecule has 1 fully saturated rings. The molecule has 1 saturated heterocycles. The molecule has 8 heteroatoms. The van der Waals surface area contributed by atoms with Crippen LogP contribution in [-0.4, -0.2) is 42.3 Å². The van der Waals surface area contributed by atoms with Gasteiger partial charge in [0.1, 0.15) is 0 Å². The van der Waals surface area contributed by atoms with Crippen LogP contribution in [-0.2, 0) is 27.3 Å². The maximum absolute atomic E-state index is 12.6. The summed E-state index contributed by atoms with van der Waals surface area (Å²) in [5, 5.41) is 4.92. The summed E-state index contributed by atoms with van der Waals surface area (Å²) < 4.78 is 0.987. The normalized spacial score (nSPS) is 18.5. The molecular formula is C22H24BrN3O3S. The number of anilines is 1. The highest BCUT2D eigenvalue weighted by atomic mass is 79.9. The standard InChI is InChI=1S/C22H24BrN3O3S/c1-14-10-17(2-3-18(14)23)26-13-16(11-21(26)28)22(29)24-7-4-20(27)25-8-5-19-15(12-25)6-9-30-19/h2-3,6,9-10,16H,4-5,7-8,11-13H2,1H3,(H,24,29). The van der Waals surface area contributed by atoms with Crippen LogP contribution in [0.5, 0.6) is 0 Å². The lowest BCUT2D eigenvalue weighted by Crippen LogP contribution is -2.39. The van der Waals surface area contributed by atoms with Gasteiger partial charge in [0.25, 0.3) is 0 Å². The number of nitrogens with one attached hydrogen (secondary N) is 1. The molecule has 1 unspecified atom stereocenters. The molecular weight excluding hydrogens is 466 g/mol. The van der Waals surface area contributed by atoms with Crippen molar-refractivity contribution in [2.75, 3.05) is 24.5 Å². The van der Waals surface area contributed by atoms with Crippen LogP contribution in [0.1, 0.15) is 28.8 Å². The van der Waals surface area contributed by atoms with Gasteiger partial charge in [-0.05, 0) is 54.1 Å². The number of hydrogen-bond donors (Lipinski definition) is 1. The van der Waals surface area contributed by atoms with Gasteiger partial charge in [-0.3, -0.25) is 14.4 Å². The predicted molar refractivity (Wildman–Crippen MR) is 120 cm³/mol. The summed E-state index contributed by atoms with van der Waals surface area (Å²) in [6.07, 6.45) is 1.38. The third-order valence-corrected chi connectivity index (χ3v) is 7.66. The summed E-state index contributed by atoms with van der Waals surface area (Å²) in [4.78, 5) is 42.4. The number of halogens is 1. The van der Waals surface area contributed by atoms with E-state index >= 15 is 0 Å². The summed E-state index contributed by atoms with van der Waals surface area (Å²) in [6.45, 7) is 4.03. The molecule has 0 aliphatic carbocycles. The average molecular weight is 490 g/mol. The van der Waals surface area contributed by atoms with Gasteiger partial charge in [-0.1, -0.05) is 15.9 Å². The van der Waals surface area contributed by atoms with Gasteiger partial charge in [-0.2, -0.15) is 0 Å². The zero-order chi connectivity index (χ0) is 21.3. The van der Waals surface area contributed by atoms with E-state index in [1.807, 2.05) is 30.0 Å². The smallest absolute Gasteiger partial charge is 0.227 e. The maximum atomic E-state index is 12.6. The fourth-order valence-corrected chi connectivity index (χ4v) is 5.12. The number of rotatable bonds is 5. The predicted octanol–water partition coefficient (Wildman–Crippen LogP) is 3.26. The lowest BCUT2D eigenvalue weighted by atomic mass is 10.1. The molecule has 6 nitrogen and oxygen atoms in total. The third-order valence-electron chi connectivity index (χ3n) is 5.75. The highest BCUT2D eigenvalue weighted by Gasteiger charge is 2.35. The van der Waals surface area contributed by atoms with Gasteiger partial charge in [0, 0.05) is 54.1 Å². The van der Waals surface area contributed by atoms with E-state index in [4.69, 9.17) is 0 Å². The number of nitrogens with zero attached hydrogens (tertiary/aromatic N) is 2. The molecule has 30 heavy (non-hydrogen) atoms. The van der Waals surface area contributed by atoms with Gasteiger partial charge in [0.2, 0.25) is 17.7 Å². The molecule has 0 spiro atoms. The van der Waals surface area contributed by atoms with E-state index in [-0.39, 0.29) is 36.5 Å². The van der Waals surface area contributed by atoms with Crippen molar-refractivity contribution in [3.8, 4) is 0 Å². The highest BCUT2D eigenvalue weighted by Crippen LogP contribution is 2.29. The molecule has 3 heterocycles. The van der Waals surface area contributed by atoms with Gasteiger partial charge in [0.15, 0.2) is 0 Å². The number of thiophene rings is 1. The molecule has 4 rings (SSSR count). The summed E-state index contributed by atoms with van der Waals surface area (Å²) in [5.41, 5.74) is 3.08. The first-order valence-electron chi connectivity index (χ1n) is 10.1. The molecule has 1 aromatic heterocycles. The largest absolute Gasteiger partial charge is 0.355 e. The number of fused-ring (bicyclic) bond motifs is 1. The lowest BCUT2D eigenvalue weighted by molar-refractivity contribution is -0.132. The Morgan fingerprint density at radius 2 is 2.13 bits per heavy atom. The molecule has 0 bridgehead atoms. The Hall–Kier alpha value is -2.19. The highest BCUT2D eigenvalue weighted by molar-refractivity contribution is 9.10. The van der Waals surface area contributed by atoms with Crippen molar-refractivity contribution in [1.29, 1.82) is 0 Å². The van der Waals surface area contributed by atoms with Crippen LogP contribution in [0.25, 0.3) is 0 Å². The summed E-state index contributed by atoms with van der Waals surface area (Å²) in [6, 6.07) is 7.82. The van der Waals surface area contributed by atoms with Crippen LogP contribution in [0, 0.1) is 12.8 Å². The second kappa shape index (κ2) is 8.89. The van der Waals surface area contributed by atoms with E-state index in [1.54, 1.807) is 16.2 Å². The number of carbonyl (C=O) groups is 3. The van der Waals surface area contributed by atoms with Crippen LogP contribution in [0.4, 0.5) is 5.69 Å². The summed E-state index contributed by atoms with van der Waals surface area (Å²) in [5.74, 6) is -0.541. The first-order valence-corrected chi connectivity index (χ1v) is 11.8. The van der Waals surface area contributed by atoms with Gasteiger partial charge in [-0.25, -0.2) is 0 Å². The van der Waals surface area contributed by atoms with Crippen molar-refractivity contribution in [3.63, 3.8) is 0 Å². The van der Waals surface area contributed by atoms with E-state index in [9.17, 15) is 14.4 Å². The molecule has 2 aliphatic heterocycles. The van der Waals surface area contributed by atoms with Crippen molar-refractivity contribution in [1.82, 2.24) is 10.2 Å². The Bertz CT molecular complexity index is 990. The quantitative estimate of drug-likeness (QED) is 0.700. The first-order chi connectivity index (χ1) is 14.4. The molecule has 1 atom stereocenters. The van der Waals surface area contributed by atoms with E-state index < -0.39 is 0 Å². The van der Waals surface area contributed by atoms with E-state index in [1.165, 1.54) is 10.4 Å². The average Bonchev–Trinajstić information content (AvgIpc) is 3.35. The molecule has 3 amide bonds. The van der Waals surface area contributed by atoms with Crippen LogP contribution in [0.15, 0.2) is 34.1 Å². The number of benzene rings is 1. The van der Waals surface area contributed by atoms with Crippen LogP contribution < -0.4 is 10.2 Å². The van der Waals surface area contributed by atoms with E-state index in [0.29, 0.717) is 19.6 Å². The SMILES string of the molecule is Cc1cc(N2CC(C(=O)NCCC(=O)N3CCc4sccc4C3)CC2=O)ccc1Br. The molecule has 2 aromatic rings. The van der Waals surface area contributed by atoms with Crippen LogP contribution in [0.3, 0.4) is 0 Å². The number of carbonyl (C=O) groups excluding carboxylic acids is 3. The zero-order valence-corrected chi connectivity index (χ0v) is 19.2. The summed E-state index contributed by atoms with van der Waals surface area (Å²) in [7, 11) is 0. The zero-order valence-electron chi connectivity index (χ0n) is 16.8. The fourth-order valence-electron chi connectivity index (χ4n) is 3.99. The van der Waals surface area contributed by atoms with Crippen molar-refractivity contribution in [3.05, 3.63) is 50.1 Å². The second-order valence-corrected chi connectivity index (χ2v) is 9.67. The van der Waals surface area contributed by atoms with Crippen molar-refractivity contribution < 1.29 is 14.4 Å².